The number of benzene rings is 2. The molecular formula is C29H30N6O7S. The molecule has 14 heteroatoms. The van der Waals surface area contributed by atoms with Gasteiger partial charge in [-0.05, 0) is 22.3 Å². The van der Waals surface area contributed by atoms with Crippen molar-refractivity contribution in [1.29, 1.82) is 0 Å². The van der Waals surface area contributed by atoms with Crippen molar-refractivity contribution >= 4 is 38.9 Å². The molecule has 0 unspecified atom stereocenters. The maximum absolute atomic E-state index is 12.5. The third-order valence-electron chi connectivity index (χ3n) is 7.47. The molecule has 1 fully saturated rings. The largest absolute Gasteiger partial charge is 0.463 e. The molecule has 0 spiro atoms. The van der Waals surface area contributed by atoms with Crippen LogP contribution in [0.1, 0.15) is 49.7 Å². The number of anilines is 1. The summed E-state index contributed by atoms with van der Waals surface area (Å²) in [6.45, 7) is 2.53. The molecule has 1 saturated heterocycles. The van der Waals surface area contributed by atoms with Gasteiger partial charge in [0.1, 0.15) is 31.4 Å². The molecule has 2 N–H and O–H groups in total. The lowest BCUT2D eigenvalue weighted by atomic mass is 9.79. The van der Waals surface area contributed by atoms with Crippen molar-refractivity contribution < 1.29 is 32.2 Å². The number of hydrogen-bond acceptors (Lipinski definition) is 11. The molecule has 0 amide bonds. The van der Waals surface area contributed by atoms with Crippen LogP contribution in [0.15, 0.2) is 61.2 Å². The monoisotopic (exact) mass is 606 g/mol. The molecule has 2 aliphatic rings. The fourth-order valence-corrected chi connectivity index (χ4v) is 6.51. The van der Waals surface area contributed by atoms with Crippen LogP contribution in [0.2, 0.25) is 0 Å². The van der Waals surface area contributed by atoms with Crippen LogP contribution in [0.25, 0.3) is 22.3 Å². The normalized spacial score (nSPS) is 22.9. The lowest BCUT2D eigenvalue weighted by Crippen LogP contribution is -2.37. The van der Waals surface area contributed by atoms with Gasteiger partial charge in [-0.15, -0.1) is 0 Å². The molecule has 4 aromatic rings. The van der Waals surface area contributed by atoms with Crippen molar-refractivity contribution in [3.05, 3.63) is 72.3 Å². The Hall–Kier alpha value is -4.40. The Morgan fingerprint density at radius 2 is 1.65 bits per heavy atom. The lowest BCUT2D eigenvalue weighted by molar-refractivity contribution is -0.155. The Balaban J connectivity index is 1.36. The zero-order valence-corrected chi connectivity index (χ0v) is 24.4. The van der Waals surface area contributed by atoms with E-state index >= 15 is 0 Å². The van der Waals surface area contributed by atoms with Crippen LogP contribution in [-0.4, -0.2) is 64.9 Å². The first-order chi connectivity index (χ1) is 20.6. The molecular weight excluding hydrogens is 576 g/mol. The van der Waals surface area contributed by atoms with Crippen molar-refractivity contribution in [2.24, 2.45) is 0 Å². The summed E-state index contributed by atoms with van der Waals surface area (Å²) >= 11 is 0. The van der Waals surface area contributed by atoms with Gasteiger partial charge in [-0.1, -0.05) is 48.5 Å². The fourth-order valence-electron chi connectivity index (χ4n) is 5.78. The molecule has 2 aromatic carbocycles. The van der Waals surface area contributed by atoms with E-state index in [1.807, 2.05) is 48.5 Å². The first kappa shape index (κ1) is 28.7. The van der Waals surface area contributed by atoms with E-state index < -0.39 is 52.5 Å². The number of rotatable bonds is 8. The number of fused-ring (bicyclic) bond motifs is 4. The Morgan fingerprint density at radius 3 is 2.30 bits per heavy atom. The number of esters is 2. The Bertz CT molecular complexity index is 1810. The first-order valence-electron chi connectivity index (χ1n) is 13.6. The van der Waals surface area contributed by atoms with Crippen molar-refractivity contribution in [2.75, 3.05) is 18.2 Å². The Morgan fingerprint density at radius 1 is 0.977 bits per heavy atom. The predicted molar refractivity (Wildman–Crippen MR) is 155 cm³/mol. The van der Waals surface area contributed by atoms with Gasteiger partial charge >= 0.3 is 11.9 Å². The summed E-state index contributed by atoms with van der Waals surface area (Å²) in [6, 6.07) is 14.3. The van der Waals surface area contributed by atoms with Gasteiger partial charge in [0.2, 0.25) is 10.0 Å². The van der Waals surface area contributed by atoms with Gasteiger partial charge in [0, 0.05) is 20.3 Å². The number of imidazole rings is 1. The van der Waals surface area contributed by atoms with Gasteiger partial charge in [0.05, 0.1) is 24.7 Å². The van der Waals surface area contributed by atoms with Gasteiger partial charge in [0.15, 0.2) is 17.0 Å². The summed E-state index contributed by atoms with van der Waals surface area (Å²) in [7, 11) is -3.60. The van der Waals surface area contributed by atoms with Gasteiger partial charge in [0.25, 0.3) is 0 Å². The summed E-state index contributed by atoms with van der Waals surface area (Å²) in [6.07, 6.45) is 2.45. The molecule has 3 heterocycles. The third-order valence-corrected chi connectivity index (χ3v) is 8.15. The first-order valence-corrected chi connectivity index (χ1v) is 15.5. The van der Waals surface area contributed by atoms with Gasteiger partial charge < -0.3 is 19.5 Å². The predicted octanol–water partition coefficient (Wildman–Crippen LogP) is 3.03. The van der Waals surface area contributed by atoms with E-state index in [1.54, 1.807) is 10.9 Å². The topological polar surface area (TPSA) is 164 Å². The highest BCUT2D eigenvalue weighted by Crippen LogP contribution is 2.46. The summed E-state index contributed by atoms with van der Waals surface area (Å²) in [5.74, 6) is -0.548. The number of sulfonamides is 1. The molecule has 2 aromatic heterocycles. The van der Waals surface area contributed by atoms with Gasteiger partial charge in [-0.25, -0.2) is 28.1 Å². The molecule has 1 aliphatic heterocycles. The maximum atomic E-state index is 12.5. The van der Waals surface area contributed by atoms with Crippen molar-refractivity contribution in [3.8, 4) is 11.1 Å². The minimum Gasteiger partial charge on any atom is -0.463 e. The van der Waals surface area contributed by atoms with Crippen molar-refractivity contribution in [2.45, 2.75) is 50.8 Å². The summed E-state index contributed by atoms with van der Waals surface area (Å²) in [5, 5.41) is 3.45. The number of nitrogens with one attached hydrogen (secondary N) is 2. The fraction of sp³-hybridized carbons (Fsp3) is 0.345. The molecule has 43 heavy (non-hydrogen) atoms. The number of nitrogens with zero attached hydrogens (tertiary/aromatic N) is 4. The van der Waals surface area contributed by atoms with E-state index in [0.29, 0.717) is 17.0 Å². The zero-order valence-electron chi connectivity index (χ0n) is 23.6. The second-order valence-electron chi connectivity index (χ2n) is 10.5. The maximum Gasteiger partial charge on any atom is 0.303 e. The smallest absolute Gasteiger partial charge is 0.303 e. The van der Waals surface area contributed by atoms with E-state index in [9.17, 15) is 18.0 Å². The lowest BCUT2D eigenvalue weighted by Gasteiger charge is -2.36. The highest BCUT2D eigenvalue weighted by Gasteiger charge is 2.40. The SMILES string of the molecule is CC(=O)OC[C@H]1O[C@@H](n2cnc3c(N[C@H]4c5ccccc5-c5ccccc5[C@@H]4NS(C)(=O)=O)ncnc32)C[C@@H]1OC(C)=O. The Labute approximate surface area is 247 Å². The van der Waals surface area contributed by atoms with E-state index in [4.69, 9.17) is 14.2 Å². The highest BCUT2D eigenvalue weighted by atomic mass is 32.2. The summed E-state index contributed by atoms with van der Waals surface area (Å²) in [4.78, 5) is 36.6. The minimum atomic E-state index is -3.60. The molecule has 13 nitrogen and oxygen atoms in total. The highest BCUT2D eigenvalue weighted by molar-refractivity contribution is 7.88. The van der Waals surface area contributed by atoms with Crippen LogP contribution in [0.5, 0.6) is 0 Å². The van der Waals surface area contributed by atoms with Crippen LogP contribution < -0.4 is 10.0 Å². The third kappa shape index (κ3) is 5.81. The number of hydrogen-bond donors (Lipinski definition) is 2. The summed E-state index contributed by atoms with van der Waals surface area (Å²) < 4.78 is 46.3. The molecule has 224 valence electrons. The van der Waals surface area contributed by atoms with Crippen LogP contribution in [0.3, 0.4) is 0 Å². The second-order valence-corrected chi connectivity index (χ2v) is 12.3. The van der Waals surface area contributed by atoms with E-state index in [-0.39, 0.29) is 13.0 Å². The van der Waals surface area contributed by atoms with E-state index in [2.05, 4.69) is 25.0 Å². The van der Waals surface area contributed by atoms with Crippen LogP contribution >= 0.6 is 0 Å². The molecule has 0 bridgehead atoms. The molecule has 6 rings (SSSR count). The Kier molecular flexibility index (Phi) is 7.58. The molecule has 0 radical (unpaired) electrons. The minimum absolute atomic E-state index is 0.0739. The average Bonchev–Trinajstić information content (AvgIpc) is 3.57. The van der Waals surface area contributed by atoms with Gasteiger partial charge in [-0.2, -0.15) is 0 Å². The average molecular weight is 607 g/mol. The quantitative estimate of drug-likeness (QED) is 0.283. The number of carbonyl (C=O) groups is 2. The number of aromatic nitrogens is 4. The van der Waals surface area contributed by atoms with Crippen molar-refractivity contribution in [3.63, 3.8) is 0 Å². The zero-order chi connectivity index (χ0) is 30.3. The second kappa shape index (κ2) is 11.4. The van der Waals surface area contributed by atoms with E-state index in [1.165, 1.54) is 20.2 Å². The van der Waals surface area contributed by atoms with Crippen molar-refractivity contribution in [1.82, 2.24) is 24.2 Å². The van der Waals surface area contributed by atoms with Crippen LogP contribution in [0.4, 0.5) is 5.82 Å². The van der Waals surface area contributed by atoms with Crippen LogP contribution in [-0.2, 0) is 33.8 Å². The van der Waals surface area contributed by atoms with Crippen LogP contribution in [0, 0.1) is 0 Å². The number of ether oxygens (including phenoxy) is 3. The molecule has 5 atom stereocenters. The summed E-state index contributed by atoms with van der Waals surface area (Å²) in [5.41, 5.74) is 4.54. The standard InChI is InChI=1S/C29H30N6O7S/c1-16(36)40-13-23-22(41-17(2)37)12-24(42-23)35-15-32-27-28(30-14-31-29(27)35)33-25-20-10-6-4-8-18(20)19-9-5-7-11-21(19)26(25)34-43(3,38)39/h4-11,14-15,22-26,34H,12-13H2,1-3H3,(H,30,31,33)/t22-,23+,24+,25-,26-/m0/s1. The molecule has 0 saturated carbocycles. The number of carbonyl (C=O) groups excluding carboxylic acids is 2. The van der Waals surface area contributed by atoms with E-state index in [0.717, 1.165) is 28.5 Å². The molecule has 1 aliphatic carbocycles. The van der Waals surface area contributed by atoms with Gasteiger partial charge in [-0.3, -0.25) is 14.2 Å².